The summed E-state index contributed by atoms with van der Waals surface area (Å²) in [7, 11) is 0. The molecule has 8 aromatic rings. The maximum Gasteiger partial charge on any atom is 0.241 e. The molecule has 0 bridgehead atoms. The first kappa shape index (κ1) is 24.7. The molecule has 0 atom stereocenters. The van der Waals surface area contributed by atoms with Gasteiger partial charge in [0.25, 0.3) is 0 Å². The number of rotatable bonds is 6. The first-order valence-corrected chi connectivity index (χ1v) is 14.8. The number of hydrogen-bond donors (Lipinski definition) is 0. The summed E-state index contributed by atoms with van der Waals surface area (Å²) in [4.78, 5) is 0. The van der Waals surface area contributed by atoms with Crippen LogP contribution < -0.4 is 32.8 Å². The average molecular weight is 530 g/mol. The molecule has 0 aliphatic rings. The Morgan fingerprint density at radius 2 is 0.548 bits per heavy atom. The van der Waals surface area contributed by atoms with Crippen LogP contribution in [-0.2, 0) is 0 Å². The largest absolute Gasteiger partial charge is 0.241 e. The van der Waals surface area contributed by atoms with Crippen molar-refractivity contribution in [3.05, 3.63) is 170 Å². The Morgan fingerprint density at radius 1 is 0.262 bits per heavy atom. The molecular weight excluding hydrogens is 502 g/mol. The van der Waals surface area contributed by atoms with Crippen LogP contribution in [0.25, 0.3) is 32.3 Å². The van der Waals surface area contributed by atoms with Crippen molar-refractivity contribution in [2.45, 2.75) is 0 Å². The van der Waals surface area contributed by atoms with Crippen LogP contribution in [0.5, 0.6) is 0 Å². The minimum atomic E-state index is 0.151. The molecule has 0 fully saturated rings. The average Bonchev–Trinajstić information content (AvgIpc) is 3.07. The molecule has 0 unspecified atom stereocenters. The van der Waals surface area contributed by atoms with Gasteiger partial charge in [0.2, 0.25) is 13.4 Å². The highest BCUT2D eigenvalue weighted by molar-refractivity contribution is 6.98. The number of hydrogen-bond acceptors (Lipinski definition) is 0. The third kappa shape index (κ3) is 4.11. The van der Waals surface area contributed by atoms with Gasteiger partial charge in [0.1, 0.15) is 0 Å². The summed E-state index contributed by atoms with van der Waals surface area (Å²) < 4.78 is 0. The van der Waals surface area contributed by atoms with E-state index >= 15 is 0 Å². The van der Waals surface area contributed by atoms with E-state index in [1.807, 2.05) is 0 Å². The zero-order chi connectivity index (χ0) is 27.9. The molecule has 8 rings (SSSR count). The Labute approximate surface area is 247 Å². The smallest absolute Gasteiger partial charge is 0.0686 e. The van der Waals surface area contributed by atoms with Gasteiger partial charge in [-0.2, -0.15) is 0 Å². The fourth-order valence-electron chi connectivity index (χ4n) is 7.03. The highest BCUT2D eigenvalue weighted by Gasteiger charge is 2.27. The van der Waals surface area contributed by atoms with Crippen LogP contribution in [0.2, 0.25) is 0 Å². The first-order chi connectivity index (χ1) is 20.9. The highest BCUT2D eigenvalue weighted by Crippen LogP contribution is 2.33. The first-order valence-electron chi connectivity index (χ1n) is 14.8. The lowest BCUT2D eigenvalue weighted by Gasteiger charge is -2.22. The molecule has 0 N–H and O–H groups in total. The second-order valence-corrected chi connectivity index (χ2v) is 11.2. The third-order valence-electron chi connectivity index (χ3n) is 8.89. The van der Waals surface area contributed by atoms with E-state index in [-0.39, 0.29) is 13.4 Å². The van der Waals surface area contributed by atoms with Crippen LogP contribution in [-0.4, -0.2) is 13.4 Å². The van der Waals surface area contributed by atoms with Crippen LogP contribution in [0.3, 0.4) is 0 Å². The summed E-state index contributed by atoms with van der Waals surface area (Å²) in [5, 5.41) is 7.97. The minimum absolute atomic E-state index is 0.151. The molecule has 42 heavy (non-hydrogen) atoms. The lowest BCUT2D eigenvalue weighted by molar-refractivity contribution is 1.72. The molecule has 0 saturated carbocycles. The van der Waals surface area contributed by atoms with Crippen LogP contribution in [0.1, 0.15) is 0 Å². The molecular formula is C40H28B2. The topological polar surface area (TPSA) is 0 Å². The van der Waals surface area contributed by atoms with Gasteiger partial charge >= 0.3 is 0 Å². The molecule has 8 aromatic carbocycles. The molecule has 0 heterocycles. The van der Waals surface area contributed by atoms with Gasteiger partial charge in [0, 0.05) is 0 Å². The molecule has 0 aromatic heterocycles. The SMILES string of the molecule is c1ccc(B(c2ccccc2)c2ccc3ccc4ccc(B(c5ccccc5)c5ccccc5)c5ccc2c3c45)cc1. The van der Waals surface area contributed by atoms with Crippen molar-refractivity contribution in [3.8, 4) is 0 Å². The molecule has 194 valence electrons. The van der Waals surface area contributed by atoms with Crippen molar-refractivity contribution in [2.75, 3.05) is 0 Å². The van der Waals surface area contributed by atoms with E-state index < -0.39 is 0 Å². The molecule has 0 amide bonds. The van der Waals surface area contributed by atoms with Crippen LogP contribution in [0, 0.1) is 0 Å². The summed E-state index contributed by atoms with van der Waals surface area (Å²) in [6, 6.07) is 62.4. The van der Waals surface area contributed by atoms with E-state index in [4.69, 9.17) is 0 Å². The Morgan fingerprint density at radius 3 is 0.857 bits per heavy atom. The quantitative estimate of drug-likeness (QED) is 0.194. The second-order valence-electron chi connectivity index (χ2n) is 11.2. The van der Waals surface area contributed by atoms with E-state index in [2.05, 4.69) is 170 Å². The van der Waals surface area contributed by atoms with Gasteiger partial charge in [-0.3, -0.25) is 0 Å². The molecule has 0 saturated heterocycles. The second kappa shape index (κ2) is 10.4. The molecule has 0 aliphatic carbocycles. The van der Waals surface area contributed by atoms with Gasteiger partial charge in [-0.15, -0.1) is 0 Å². The summed E-state index contributed by atoms with van der Waals surface area (Å²) in [6.07, 6.45) is 0. The van der Waals surface area contributed by atoms with Crippen LogP contribution in [0.4, 0.5) is 0 Å². The zero-order valence-corrected chi connectivity index (χ0v) is 23.3. The van der Waals surface area contributed by atoms with Crippen LogP contribution in [0.15, 0.2) is 170 Å². The summed E-state index contributed by atoms with van der Waals surface area (Å²) >= 11 is 0. The fourth-order valence-corrected chi connectivity index (χ4v) is 7.03. The normalized spacial score (nSPS) is 11.3. The van der Waals surface area contributed by atoms with Crippen molar-refractivity contribution in [2.24, 2.45) is 0 Å². The predicted octanol–water partition coefficient (Wildman–Crippen LogP) is 5.62. The van der Waals surface area contributed by atoms with Gasteiger partial charge in [-0.05, 0) is 32.3 Å². The van der Waals surface area contributed by atoms with E-state index in [9.17, 15) is 0 Å². The van der Waals surface area contributed by atoms with Gasteiger partial charge in [-0.1, -0.05) is 203 Å². The Balaban J connectivity index is 1.42. The Bertz CT molecular complexity index is 1890. The van der Waals surface area contributed by atoms with Gasteiger partial charge in [-0.25, -0.2) is 0 Å². The summed E-state index contributed by atoms with van der Waals surface area (Å²) in [5.74, 6) is 0. The maximum absolute atomic E-state index is 2.38. The van der Waals surface area contributed by atoms with Crippen molar-refractivity contribution in [1.29, 1.82) is 0 Å². The van der Waals surface area contributed by atoms with Crippen LogP contribution >= 0.6 is 0 Å². The monoisotopic (exact) mass is 530 g/mol. The predicted molar refractivity (Wildman–Crippen MR) is 185 cm³/mol. The molecule has 0 nitrogen and oxygen atoms in total. The lowest BCUT2D eigenvalue weighted by Crippen LogP contribution is -2.52. The maximum atomic E-state index is 2.38. The van der Waals surface area contributed by atoms with E-state index in [1.54, 1.807) is 0 Å². The minimum Gasteiger partial charge on any atom is -0.0686 e. The number of benzene rings is 8. The fraction of sp³-hybridized carbons (Fsp3) is 0. The summed E-state index contributed by atoms with van der Waals surface area (Å²) in [6.45, 7) is 0.302. The highest BCUT2D eigenvalue weighted by atomic mass is 14.1. The van der Waals surface area contributed by atoms with Gasteiger partial charge in [0.05, 0.1) is 0 Å². The van der Waals surface area contributed by atoms with Crippen molar-refractivity contribution in [1.82, 2.24) is 0 Å². The van der Waals surface area contributed by atoms with Crippen molar-refractivity contribution in [3.63, 3.8) is 0 Å². The Hall–Kier alpha value is -5.07. The zero-order valence-electron chi connectivity index (χ0n) is 23.3. The Kier molecular flexibility index (Phi) is 6.12. The third-order valence-corrected chi connectivity index (χ3v) is 8.89. The lowest BCUT2D eigenvalue weighted by atomic mass is 9.36. The van der Waals surface area contributed by atoms with E-state index in [0.29, 0.717) is 0 Å². The van der Waals surface area contributed by atoms with Crippen molar-refractivity contribution < 1.29 is 0 Å². The molecule has 0 spiro atoms. The summed E-state index contributed by atoms with van der Waals surface area (Å²) in [5.41, 5.74) is 7.95. The van der Waals surface area contributed by atoms with Crippen molar-refractivity contribution >= 4 is 78.5 Å². The molecule has 0 aliphatic heterocycles. The molecule has 2 heteroatoms. The molecule has 0 radical (unpaired) electrons. The van der Waals surface area contributed by atoms with Gasteiger partial charge in [0.15, 0.2) is 0 Å². The standard InChI is InChI=1S/C40H28B2/c1-5-13-31(14-6-1)41(32-15-7-2-8-16-32)37-27-23-29-21-22-30-24-28-38(36-26-25-35(37)39(29)40(30)36)42(33-17-9-3-10-18-33)34-19-11-4-12-20-34/h1-28H. The van der Waals surface area contributed by atoms with Gasteiger partial charge < -0.3 is 0 Å². The van der Waals surface area contributed by atoms with E-state index in [0.717, 1.165) is 0 Å². The van der Waals surface area contributed by atoms with E-state index in [1.165, 1.54) is 65.1 Å².